The van der Waals surface area contributed by atoms with E-state index in [1.807, 2.05) is 6.92 Å². The van der Waals surface area contributed by atoms with E-state index in [4.69, 9.17) is 4.74 Å². The molecule has 3 aromatic rings. The molecule has 2 aromatic carbocycles. The number of phenolic OH excluding ortho intramolecular Hbond substituents is 1. The van der Waals surface area contributed by atoms with Crippen molar-refractivity contribution in [2.45, 2.75) is 71.5 Å². The Morgan fingerprint density at radius 3 is 2.55 bits per heavy atom. The number of ether oxygens (including phenoxy) is 1. The van der Waals surface area contributed by atoms with Gasteiger partial charge in [-0.15, -0.1) is 0 Å². The first-order valence-corrected chi connectivity index (χ1v) is 12.7. The van der Waals surface area contributed by atoms with E-state index in [1.165, 1.54) is 46.2 Å². The molecule has 0 fully saturated rings. The molecule has 2 atom stereocenters. The third-order valence-corrected chi connectivity index (χ3v) is 7.29. The number of carboxylic acids is 1. The Morgan fingerprint density at radius 1 is 1.13 bits per heavy atom. The molecule has 8 heteroatoms. The van der Waals surface area contributed by atoms with Gasteiger partial charge in [0.15, 0.2) is 5.75 Å². The minimum Gasteiger partial charge on any atom is -0.508 e. The van der Waals surface area contributed by atoms with Crippen LogP contribution in [0, 0.1) is 0 Å². The number of benzene rings is 2. The molecular weight excluding hydrogens is 486 g/mol. The summed E-state index contributed by atoms with van der Waals surface area (Å²) in [6.07, 6.45) is 8.41. The molecule has 0 saturated heterocycles. The van der Waals surface area contributed by atoms with E-state index in [9.17, 15) is 30.3 Å². The third kappa shape index (κ3) is 5.09. The molecule has 0 spiro atoms. The van der Waals surface area contributed by atoms with Crippen LogP contribution in [-0.4, -0.2) is 47.8 Å². The topological polar surface area (TPSA) is 132 Å². The number of aromatic nitrogens is 1. The van der Waals surface area contributed by atoms with E-state index in [-0.39, 0.29) is 34.7 Å². The zero-order valence-corrected chi connectivity index (χ0v) is 22.2. The molecule has 0 bridgehead atoms. The van der Waals surface area contributed by atoms with Crippen LogP contribution < -0.4 is 4.74 Å². The largest absolute Gasteiger partial charge is 0.508 e. The van der Waals surface area contributed by atoms with Gasteiger partial charge in [-0.1, -0.05) is 29.4 Å². The summed E-state index contributed by atoms with van der Waals surface area (Å²) in [5.41, 5.74) is 1.81. The van der Waals surface area contributed by atoms with Crippen LogP contribution in [0.1, 0.15) is 69.3 Å². The summed E-state index contributed by atoms with van der Waals surface area (Å²) in [6.45, 7) is 8.09. The van der Waals surface area contributed by atoms with Gasteiger partial charge in [0.25, 0.3) is 0 Å². The smallest absolute Gasteiger partial charge is 0.339 e. The summed E-state index contributed by atoms with van der Waals surface area (Å²) < 4.78 is 7.65. The van der Waals surface area contributed by atoms with Gasteiger partial charge in [0.05, 0.1) is 17.2 Å². The van der Waals surface area contributed by atoms with Crippen LogP contribution >= 0.6 is 0 Å². The van der Waals surface area contributed by atoms with Gasteiger partial charge >= 0.3 is 5.97 Å². The molecule has 5 N–H and O–H groups in total. The van der Waals surface area contributed by atoms with Crippen molar-refractivity contribution in [1.82, 2.24) is 4.57 Å². The summed E-state index contributed by atoms with van der Waals surface area (Å²) >= 11 is 0. The molecule has 38 heavy (non-hydrogen) atoms. The fourth-order valence-corrected chi connectivity index (χ4v) is 4.96. The number of aliphatic hydroxyl groups is 1. The molecule has 202 valence electrons. The number of rotatable bonds is 8. The fourth-order valence-electron chi connectivity index (χ4n) is 4.96. The average Bonchev–Trinajstić information content (AvgIpc) is 3.16. The predicted molar refractivity (Wildman–Crippen MR) is 146 cm³/mol. The zero-order chi connectivity index (χ0) is 27.8. The maximum atomic E-state index is 11.5. The molecular formula is C30H35NO7. The standard InChI is InChI=1S/C30H35NO7/c1-17(2)8-5-9-18(3)10-7-13-30(4)25(33)15-21-24(32)14-20-22(27(21)38-30)16-31(28(20)35)23-12-6-11-19(26(23)34)29(36)37/h6,8,10-12,14,16,25,32-35H,5,7,9,13,15H2,1-4H3,(H,36,37)/t25-,30-/m0/s1. The first-order chi connectivity index (χ1) is 17.9. The van der Waals surface area contributed by atoms with Crippen LogP contribution in [0.4, 0.5) is 0 Å². The first-order valence-electron chi connectivity index (χ1n) is 12.7. The number of allylic oxidation sites excluding steroid dienone is 4. The lowest BCUT2D eigenvalue weighted by molar-refractivity contribution is -0.0581. The lowest BCUT2D eigenvalue weighted by Crippen LogP contribution is -2.48. The molecule has 0 unspecified atom stereocenters. The van der Waals surface area contributed by atoms with Gasteiger partial charge in [-0.05, 0) is 71.6 Å². The highest BCUT2D eigenvalue weighted by Crippen LogP contribution is 2.48. The maximum Gasteiger partial charge on any atom is 0.339 e. The minimum absolute atomic E-state index is 0.0687. The summed E-state index contributed by atoms with van der Waals surface area (Å²) in [5.74, 6) is -1.87. The molecule has 4 rings (SSSR count). The van der Waals surface area contributed by atoms with Crippen molar-refractivity contribution in [3.8, 4) is 28.8 Å². The van der Waals surface area contributed by atoms with Crippen molar-refractivity contribution < 1.29 is 35.1 Å². The fraction of sp³-hybridized carbons (Fsp3) is 0.367. The van der Waals surface area contributed by atoms with E-state index < -0.39 is 23.4 Å². The molecule has 2 heterocycles. The number of para-hydroxylation sites is 1. The van der Waals surface area contributed by atoms with E-state index in [2.05, 4.69) is 32.9 Å². The number of aliphatic hydroxyl groups excluding tert-OH is 1. The average molecular weight is 522 g/mol. The minimum atomic E-state index is -1.30. The normalized spacial score (nSPS) is 19.2. The van der Waals surface area contributed by atoms with Crippen molar-refractivity contribution >= 4 is 16.7 Å². The lowest BCUT2D eigenvalue weighted by Gasteiger charge is -2.40. The van der Waals surface area contributed by atoms with Crippen LogP contribution in [0.5, 0.6) is 23.1 Å². The Labute approximate surface area is 221 Å². The number of carboxylic acid groups (broad SMARTS) is 1. The summed E-state index contributed by atoms with van der Waals surface area (Å²) in [5, 5.41) is 53.4. The number of hydrogen-bond acceptors (Lipinski definition) is 6. The number of carbonyl (C=O) groups is 1. The Kier molecular flexibility index (Phi) is 7.47. The number of fused-ring (bicyclic) bond motifs is 3. The van der Waals surface area contributed by atoms with Crippen LogP contribution in [-0.2, 0) is 6.42 Å². The quantitative estimate of drug-likeness (QED) is 0.231. The monoisotopic (exact) mass is 521 g/mol. The van der Waals surface area contributed by atoms with Gasteiger partial charge in [-0.2, -0.15) is 0 Å². The van der Waals surface area contributed by atoms with Crippen molar-refractivity contribution in [2.24, 2.45) is 0 Å². The zero-order valence-electron chi connectivity index (χ0n) is 22.2. The molecule has 0 aliphatic carbocycles. The summed E-state index contributed by atoms with van der Waals surface area (Å²) in [4.78, 5) is 11.5. The highest BCUT2D eigenvalue weighted by atomic mass is 16.5. The van der Waals surface area contributed by atoms with Crippen LogP contribution in [0.3, 0.4) is 0 Å². The Bertz CT molecular complexity index is 1440. The second-order valence-electron chi connectivity index (χ2n) is 10.5. The van der Waals surface area contributed by atoms with Crippen LogP contribution in [0.25, 0.3) is 16.5 Å². The molecule has 0 radical (unpaired) electrons. The summed E-state index contributed by atoms with van der Waals surface area (Å²) in [7, 11) is 0. The lowest BCUT2D eigenvalue weighted by atomic mass is 9.84. The van der Waals surface area contributed by atoms with Gasteiger partial charge < -0.3 is 30.3 Å². The van der Waals surface area contributed by atoms with Crippen molar-refractivity contribution in [3.63, 3.8) is 0 Å². The molecule has 1 aromatic heterocycles. The molecule has 1 aliphatic heterocycles. The Balaban J connectivity index is 1.68. The van der Waals surface area contributed by atoms with Gasteiger partial charge in [-0.25, -0.2) is 4.79 Å². The second-order valence-corrected chi connectivity index (χ2v) is 10.5. The van der Waals surface area contributed by atoms with Gasteiger partial charge in [-0.3, -0.25) is 4.57 Å². The van der Waals surface area contributed by atoms with Crippen LogP contribution in [0.2, 0.25) is 0 Å². The number of nitrogens with zero attached hydrogens (tertiary/aromatic N) is 1. The van der Waals surface area contributed by atoms with E-state index in [0.717, 1.165) is 12.8 Å². The third-order valence-electron chi connectivity index (χ3n) is 7.29. The van der Waals surface area contributed by atoms with E-state index >= 15 is 0 Å². The SMILES string of the molecule is CC(C)=CCCC(C)=CCC[C@]1(C)Oc2c(c(O)cc3c(O)n(-c4cccc(C(=O)O)c4O)cc23)C[C@@H]1O. The molecule has 8 nitrogen and oxygen atoms in total. The predicted octanol–water partition coefficient (Wildman–Crippen LogP) is 5.97. The van der Waals surface area contributed by atoms with Gasteiger partial charge in [0.1, 0.15) is 22.7 Å². The Morgan fingerprint density at radius 2 is 1.87 bits per heavy atom. The number of aromatic hydroxyl groups is 3. The van der Waals surface area contributed by atoms with Crippen molar-refractivity contribution in [1.29, 1.82) is 0 Å². The highest BCUT2D eigenvalue weighted by molar-refractivity contribution is 5.97. The van der Waals surface area contributed by atoms with Crippen molar-refractivity contribution in [3.05, 3.63) is 64.9 Å². The molecule has 0 saturated carbocycles. The van der Waals surface area contributed by atoms with Gasteiger partial charge in [0, 0.05) is 23.6 Å². The molecule has 0 amide bonds. The molecule has 1 aliphatic rings. The summed E-state index contributed by atoms with van der Waals surface area (Å²) in [6, 6.07) is 5.60. The van der Waals surface area contributed by atoms with Crippen LogP contribution in [0.15, 0.2) is 53.8 Å². The second kappa shape index (κ2) is 10.5. The Hall–Kier alpha value is -3.91. The number of aromatic carboxylic acids is 1. The number of phenols is 2. The highest BCUT2D eigenvalue weighted by Gasteiger charge is 2.41. The maximum absolute atomic E-state index is 11.5. The van der Waals surface area contributed by atoms with Gasteiger partial charge in [0.2, 0.25) is 5.88 Å². The van der Waals surface area contributed by atoms with E-state index in [1.54, 1.807) is 0 Å². The van der Waals surface area contributed by atoms with E-state index in [0.29, 0.717) is 29.5 Å². The van der Waals surface area contributed by atoms with Crippen molar-refractivity contribution in [2.75, 3.05) is 0 Å². The first kappa shape index (κ1) is 27.1. The number of hydrogen-bond donors (Lipinski definition) is 5.